The van der Waals surface area contributed by atoms with Crippen LogP contribution in [0.3, 0.4) is 0 Å². The Morgan fingerprint density at radius 2 is 2.18 bits per heavy atom. The number of nitrogens with zero attached hydrogens (tertiary/aromatic N) is 1. The zero-order valence-electron chi connectivity index (χ0n) is 11.4. The lowest BCUT2D eigenvalue weighted by Gasteiger charge is -2.39. The van der Waals surface area contributed by atoms with E-state index in [1.165, 1.54) is 0 Å². The van der Waals surface area contributed by atoms with Gasteiger partial charge in [-0.15, -0.1) is 0 Å². The molecule has 0 amide bonds. The van der Waals surface area contributed by atoms with Crippen LogP contribution >= 0.6 is 0 Å². The molecule has 2 rings (SSSR count). The van der Waals surface area contributed by atoms with E-state index in [1.54, 1.807) is 0 Å². The maximum atomic E-state index is 5.79. The quantitative estimate of drug-likeness (QED) is 0.770. The fourth-order valence-electron chi connectivity index (χ4n) is 2.42. The van der Waals surface area contributed by atoms with Gasteiger partial charge in [0.15, 0.2) is 0 Å². The summed E-state index contributed by atoms with van der Waals surface area (Å²) in [5, 5.41) is 3.53. The maximum absolute atomic E-state index is 5.79. The van der Waals surface area contributed by atoms with Crippen molar-refractivity contribution in [3.05, 3.63) is 0 Å². The molecule has 0 aromatic rings. The molecule has 0 spiro atoms. The van der Waals surface area contributed by atoms with Gasteiger partial charge < -0.3 is 14.8 Å². The van der Waals surface area contributed by atoms with Crippen LogP contribution in [0.5, 0.6) is 0 Å². The van der Waals surface area contributed by atoms with E-state index in [4.69, 9.17) is 9.47 Å². The van der Waals surface area contributed by atoms with Gasteiger partial charge in [-0.25, -0.2) is 0 Å². The molecule has 2 fully saturated rings. The van der Waals surface area contributed by atoms with Crippen LogP contribution in [-0.2, 0) is 9.47 Å². The first kappa shape index (κ1) is 13.3. The van der Waals surface area contributed by atoms with Gasteiger partial charge in [-0.1, -0.05) is 6.92 Å². The zero-order valence-corrected chi connectivity index (χ0v) is 11.4. The Labute approximate surface area is 105 Å². The molecule has 0 aromatic carbocycles. The fourth-order valence-corrected chi connectivity index (χ4v) is 2.42. The average Bonchev–Trinajstić information content (AvgIpc) is 2.27. The van der Waals surface area contributed by atoms with Gasteiger partial charge >= 0.3 is 0 Å². The normalized spacial score (nSPS) is 29.3. The Morgan fingerprint density at radius 1 is 1.41 bits per heavy atom. The molecule has 0 radical (unpaired) electrons. The summed E-state index contributed by atoms with van der Waals surface area (Å²) in [5.41, 5.74) is 0.354. The van der Waals surface area contributed by atoms with Gasteiger partial charge in [0, 0.05) is 37.6 Å². The molecule has 1 unspecified atom stereocenters. The standard InChI is InChI=1S/C13H26N2O2/c1-11(2)15-4-5-17-12(7-15)6-14-8-13(3)9-16-10-13/h11-12,14H,4-10H2,1-3H3. The molecule has 0 bridgehead atoms. The largest absolute Gasteiger partial charge is 0.380 e. The molecule has 2 aliphatic rings. The topological polar surface area (TPSA) is 33.7 Å². The van der Waals surface area contributed by atoms with Crippen molar-refractivity contribution in [2.24, 2.45) is 5.41 Å². The van der Waals surface area contributed by atoms with Gasteiger partial charge in [0.2, 0.25) is 0 Å². The molecule has 17 heavy (non-hydrogen) atoms. The molecule has 2 saturated heterocycles. The highest BCUT2D eigenvalue weighted by molar-refractivity contribution is 4.84. The Hall–Kier alpha value is -0.160. The summed E-state index contributed by atoms with van der Waals surface area (Å²) in [6, 6.07) is 0.624. The van der Waals surface area contributed by atoms with E-state index in [0.717, 1.165) is 46.0 Å². The molecule has 0 aliphatic carbocycles. The number of ether oxygens (including phenoxy) is 2. The summed E-state index contributed by atoms with van der Waals surface area (Å²) >= 11 is 0. The minimum Gasteiger partial charge on any atom is -0.380 e. The number of nitrogens with one attached hydrogen (secondary N) is 1. The summed E-state index contributed by atoms with van der Waals surface area (Å²) in [6.07, 6.45) is 0.343. The lowest BCUT2D eigenvalue weighted by Crippen LogP contribution is -2.52. The van der Waals surface area contributed by atoms with Gasteiger partial charge in [0.05, 0.1) is 25.9 Å². The van der Waals surface area contributed by atoms with Crippen molar-refractivity contribution in [2.75, 3.05) is 46.0 Å². The second-order valence-electron chi connectivity index (χ2n) is 6.02. The Balaban J connectivity index is 1.65. The van der Waals surface area contributed by atoms with E-state index in [-0.39, 0.29) is 0 Å². The van der Waals surface area contributed by atoms with Crippen LogP contribution in [0.25, 0.3) is 0 Å². The van der Waals surface area contributed by atoms with E-state index in [0.29, 0.717) is 17.6 Å². The predicted molar refractivity (Wildman–Crippen MR) is 68.2 cm³/mol. The fraction of sp³-hybridized carbons (Fsp3) is 1.00. The molecular weight excluding hydrogens is 216 g/mol. The molecule has 4 nitrogen and oxygen atoms in total. The molecule has 100 valence electrons. The van der Waals surface area contributed by atoms with Crippen LogP contribution < -0.4 is 5.32 Å². The first-order valence-electron chi connectivity index (χ1n) is 6.73. The number of hydrogen-bond acceptors (Lipinski definition) is 4. The van der Waals surface area contributed by atoms with Crippen LogP contribution in [0, 0.1) is 5.41 Å². The monoisotopic (exact) mass is 242 g/mol. The third-order valence-corrected chi connectivity index (χ3v) is 3.73. The molecule has 0 saturated carbocycles. The summed E-state index contributed by atoms with van der Waals surface area (Å²) in [5.74, 6) is 0. The maximum Gasteiger partial charge on any atom is 0.0826 e. The smallest absolute Gasteiger partial charge is 0.0826 e. The van der Waals surface area contributed by atoms with Gasteiger partial charge in [-0.2, -0.15) is 0 Å². The van der Waals surface area contributed by atoms with Crippen molar-refractivity contribution < 1.29 is 9.47 Å². The van der Waals surface area contributed by atoms with Crippen molar-refractivity contribution >= 4 is 0 Å². The van der Waals surface area contributed by atoms with E-state index in [2.05, 4.69) is 31.0 Å². The Kier molecular flexibility index (Phi) is 4.42. The number of morpholine rings is 1. The van der Waals surface area contributed by atoms with Gasteiger partial charge in [-0.05, 0) is 13.8 Å². The second kappa shape index (κ2) is 5.65. The summed E-state index contributed by atoms with van der Waals surface area (Å²) in [6.45, 7) is 13.5. The summed E-state index contributed by atoms with van der Waals surface area (Å²) < 4.78 is 11.0. The van der Waals surface area contributed by atoms with E-state index in [9.17, 15) is 0 Å². The van der Waals surface area contributed by atoms with Gasteiger partial charge in [0.1, 0.15) is 0 Å². The highest BCUT2D eigenvalue weighted by atomic mass is 16.5. The van der Waals surface area contributed by atoms with Crippen molar-refractivity contribution in [3.8, 4) is 0 Å². The summed E-state index contributed by atoms with van der Waals surface area (Å²) in [7, 11) is 0. The van der Waals surface area contributed by atoms with E-state index >= 15 is 0 Å². The molecule has 2 aliphatic heterocycles. The lowest BCUT2D eigenvalue weighted by atomic mass is 9.89. The van der Waals surface area contributed by atoms with E-state index < -0.39 is 0 Å². The van der Waals surface area contributed by atoms with Crippen LogP contribution in [0.4, 0.5) is 0 Å². The third kappa shape index (κ3) is 3.65. The molecule has 0 aromatic heterocycles. The van der Waals surface area contributed by atoms with Crippen LogP contribution in [-0.4, -0.2) is 63.0 Å². The van der Waals surface area contributed by atoms with E-state index in [1.807, 2.05) is 0 Å². The van der Waals surface area contributed by atoms with Gasteiger partial charge in [0.25, 0.3) is 0 Å². The van der Waals surface area contributed by atoms with Crippen molar-refractivity contribution in [2.45, 2.75) is 32.9 Å². The van der Waals surface area contributed by atoms with Crippen LogP contribution in [0.1, 0.15) is 20.8 Å². The Morgan fingerprint density at radius 3 is 2.76 bits per heavy atom. The third-order valence-electron chi connectivity index (χ3n) is 3.73. The molecule has 1 atom stereocenters. The molecule has 1 N–H and O–H groups in total. The zero-order chi connectivity index (χ0) is 12.3. The minimum atomic E-state index is 0.343. The highest BCUT2D eigenvalue weighted by Crippen LogP contribution is 2.25. The van der Waals surface area contributed by atoms with Crippen molar-refractivity contribution in [3.63, 3.8) is 0 Å². The van der Waals surface area contributed by atoms with Gasteiger partial charge in [-0.3, -0.25) is 4.90 Å². The SMILES string of the molecule is CC(C)N1CCOC(CNCC2(C)COC2)C1. The predicted octanol–water partition coefficient (Wildman–Crippen LogP) is 0.722. The second-order valence-corrected chi connectivity index (χ2v) is 6.02. The first-order chi connectivity index (χ1) is 8.09. The summed E-state index contributed by atoms with van der Waals surface area (Å²) in [4.78, 5) is 2.49. The first-order valence-corrected chi connectivity index (χ1v) is 6.73. The highest BCUT2D eigenvalue weighted by Gasteiger charge is 2.33. The minimum absolute atomic E-state index is 0.343. The molecular formula is C13H26N2O2. The van der Waals surface area contributed by atoms with Crippen molar-refractivity contribution in [1.82, 2.24) is 10.2 Å². The number of rotatable bonds is 5. The van der Waals surface area contributed by atoms with Crippen LogP contribution in [0.2, 0.25) is 0 Å². The Bertz CT molecular complexity index is 242. The lowest BCUT2D eigenvalue weighted by molar-refractivity contribution is -0.101. The average molecular weight is 242 g/mol. The van der Waals surface area contributed by atoms with Crippen molar-refractivity contribution in [1.29, 1.82) is 0 Å². The molecule has 2 heterocycles. The molecule has 4 heteroatoms. The number of hydrogen-bond donors (Lipinski definition) is 1. The van der Waals surface area contributed by atoms with Crippen LogP contribution in [0.15, 0.2) is 0 Å².